The summed E-state index contributed by atoms with van der Waals surface area (Å²) < 4.78 is 13.0. The molecule has 0 aliphatic rings. The lowest BCUT2D eigenvalue weighted by Crippen LogP contribution is -1.95. The second kappa shape index (κ2) is 4.38. The van der Waals surface area contributed by atoms with Crippen LogP contribution in [0.1, 0.15) is 12.0 Å². The zero-order valence-electron chi connectivity index (χ0n) is 6.43. The van der Waals surface area contributed by atoms with Gasteiger partial charge in [0.05, 0.1) is 0 Å². The summed E-state index contributed by atoms with van der Waals surface area (Å²) in [7, 11) is 0. The van der Waals surface area contributed by atoms with Gasteiger partial charge in [-0.1, -0.05) is 11.6 Å². The van der Waals surface area contributed by atoms with E-state index in [9.17, 15) is 4.39 Å². The van der Waals surface area contributed by atoms with Gasteiger partial charge in [-0.2, -0.15) is 0 Å². The van der Waals surface area contributed by atoms with E-state index in [0.717, 1.165) is 0 Å². The highest BCUT2D eigenvalue weighted by Crippen LogP contribution is 2.15. The first-order valence-electron chi connectivity index (χ1n) is 3.65. The molecule has 1 aromatic rings. The van der Waals surface area contributed by atoms with Crippen LogP contribution in [0.15, 0.2) is 12.3 Å². The molecule has 1 N–H and O–H groups in total. The van der Waals surface area contributed by atoms with Gasteiger partial charge in [0, 0.05) is 12.8 Å². The van der Waals surface area contributed by atoms with Gasteiger partial charge in [-0.3, -0.25) is 0 Å². The topological polar surface area (TPSA) is 33.1 Å². The van der Waals surface area contributed by atoms with E-state index in [-0.39, 0.29) is 11.8 Å². The Morgan fingerprint density at radius 1 is 1.58 bits per heavy atom. The van der Waals surface area contributed by atoms with Gasteiger partial charge < -0.3 is 5.11 Å². The molecule has 0 aliphatic carbocycles. The zero-order valence-corrected chi connectivity index (χ0v) is 7.18. The van der Waals surface area contributed by atoms with Crippen LogP contribution in [0.25, 0.3) is 0 Å². The van der Waals surface area contributed by atoms with E-state index in [4.69, 9.17) is 16.7 Å². The molecule has 0 atom stereocenters. The van der Waals surface area contributed by atoms with E-state index >= 15 is 0 Å². The van der Waals surface area contributed by atoms with Crippen LogP contribution in [-0.2, 0) is 6.42 Å². The molecule has 66 valence electrons. The van der Waals surface area contributed by atoms with Crippen LogP contribution >= 0.6 is 11.6 Å². The van der Waals surface area contributed by atoms with Crippen molar-refractivity contribution in [3.05, 3.63) is 28.8 Å². The molecule has 0 unspecified atom stereocenters. The minimum atomic E-state index is -0.479. The van der Waals surface area contributed by atoms with Crippen molar-refractivity contribution < 1.29 is 9.50 Å². The summed E-state index contributed by atoms with van der Waals surface area (Å²) in [5, 5.41) is 8.41. The molecule has 0 radical (unpaired) electrons. The summed E-state index contributed by atoms with van der Waals surface area (Å²) in [5.41, 5.74) is 0.504. The van der Waals surface area contributed by atoms with E-state index in [1.165, 1.54) is 6.20 Å². The fraction of sp³-hybridized carbons (Fsp3) is 0.375. The Morgan fingerprint density at radius 3 is 3.00 bits per heavy atom. The average Bonchev–Trinajstić information content (AvgIpc) is 2.08. The lowest BCUT2D eigenvalue weighted by Gasteiger charge is -2.01. The number of pyridine rings is 1. The smallest absolute Gasteiger partial charge is 0.164 e. The Kier molecular flexibility index (Phi) is 3.44. The molecule has 0 saturated carbocycles. The predicted octanol–water partition coefficient (Wildman–Crippen LogP) is 1.80. The van der Waals surface area contributed by atoms with E-state index in [1.54, 1.807) is 6.07 Å². The van der Waals surface area contributed by atoms with Crippen molar-refractivity contribution in [2.24, 2.45) is 0 Å². The SMILES string of the molecule is OCCCc1ccnc(Cl)c1F. The lowest BCUT2D eigenvalue weighted by atomic mass is 10.1. The summed E-state index contributed by atoms with van der Waals surface area (Å²) in [4.78, 5) is 3.58. The number of hydrogen-bond donors (Lipinski definition) is 1. The fourth-order valence-corrected chi connectivity index (χ4v) is 1.10. The largest absolute Gasteiger partial charge is 0.396 e. The van der Waals surface area contributed by atoms with Gasteiger partial charge in [0.15, 0.2) is 11.0 Å². The van der Waals surface area contributed by atoms with Gasteiger partial charge in [0.2, 0.25) is 0 Å². The Morgan fingerprint density at radius 2 is 2.33 bits per heavy atom. The van der Waals surface area contributed by atoms with Crippen molar-refractivity contribution in [3.8, 4) is 0 Å². The number of aromatic nitrogens is 1. The number of nitrogens with zero attached hydrogens (tertiary/aromatic N) is 1. The van der Waals surface area contributed by atoms with Crippen LogP contribution in [0.3, 0.4) is 0 Å². The number of aliphatic hydroxyl groups excluding tert-OH is 1. The molecule has 0 bridgehead atoms. The second-order valence-electron chi connectivity index (χ2n) is 2.40. The van der Waals surface area contributed by atoms with Crippen LogP contribution in [-0.4, -0.2) is 16.7 Å². The summed E-state index contributed by atoms with van der Waals surface area (Å²) >= 11 is 5.44. The van der Waals surface area contributed by atoms with Crippen LogP contribution in [0.5, 0.6) is 0 Å². The normalized spacial score (nSPS) is 10.2. The molecular formula is C8H9ClFNO. The van der Waals surface area contributed by atoms with E-state index in [1.807, 2.05) is 0 Å². The maximum atomic E-state index is 13.0. The van der Waals surface area contributed by atoms with Crippen molar-refractivity contribution in [1.82, 2.24) is 4.98 Å². The highest BCUT2D eigenvalue weighted by molar-refractivity contribution is 6.29. The van der Waals surface area contributed by atoms with Crippen LogP contribution < -0.4 is 0 Å². The number of aliphatic hydroxyl groups is 1. The molecular weight excluding hydrogens is 181 g/mol. The van der Waals surface area contributed by atoms with Crippen molar-refractivity contribution >= 4 is 11.6 Å². The maximum absolute atomic E-state index is 13.0. The average molecular weight is 190 g/mol. The van der Waals surface area contributed by atoms with Crippen molar-refractivity contribution in [3.63, 3.8) is 0 Å². The number of aryl methyl sites for hydroxylation is 1. The molecule has 0 saturated heterocycles. The zero-order chi connectivity index (χ0) is 8.97. The standard InChI is InChI=1S/C8H9ClFNO/c9-8-7(10)6(2-1-5-12)3-4-11-8/h3-4,12H,1-2,5H2. The Hall–Kier alpha value is -0.670. The molecule has 1 aromatic heterocycles. The first kappa shape index (κ1) is 9.42. The van der Waals surface area contributed by atoms with E-state index < -0.39 is 5.82 Å². The molecule has 12 heavy (non-hydrogen) atoms. The molecule has 2 nitrogen and oxygen atoms in total. The Bertz CT molecular complexity index is 267. The summed E-state index contributed by atoms with van der Waals surface area (Å²) in [6.07, 6.45) is 2.49. The van der Waals surface area contributed by atoms with Crippen molar-refractivity contribution in [2.45, 2.75) is 12.8 Å². The predicted molar refractivity (Wildman–Crippen MR) is 44.6 cm³/mol. The van der Waals surface area contributed by atoms with Gasteiger partial charge in [0.1, 0.15) is 0 Å². The van der Waals surface area contributed by atoms with Crippen molar-refractivity contribution in [1.29, 1.82) is 0 Å². The van der Waals surface area contributed by atoms with E-state index in [0.29, 0.717) is 18.4 Å². The quantitative estimate of drug-likeness (QED) is 0.736. The second-order valence-corrected chi connectivity index (χ2v) is 2.76. The summed E-state index contributed by atoms with van der Waals surface area (Å²) in [6, 6.07) is 1.57. The highest BCUT2D eigenvalue weighted by atomic mass is 35.5. The molecule has 0 amide bonds. The molecule has 0 fully saturated rings. The third-order valence-electron chi connectivity index (χ3n) is 1.53. The molecule has 1 rings (SSSR count). The number of halogens is 2. The number of rotatable bonds is 3. The molecule has 1 heterocycles. The Balaban J connectivity index is 2.78. The molecule has 0 aromatic carbocycles. The lowest BCUT2D eigenvalue weighted by molar-refractivity contribution is 0.288. The minimum absolute atomic E-state index is 0.0549. The van der Waals surface area contributed by atoms with Gasteiger partial charge in [-0.05, 0) is 24.5 Å². The van der Waals surface area contributed by atoms with Crippen LogP contribution in [0.2, 0.25) is 5.15 Å². The Labute approximate surface area is 75.0 Å². The first-order chi connectivity index (χ1) is 5.75. The molecule has 0 aliphatic heterocycles. The van der Waals surface area contributed by atoms with Gasteiger partial charge >= 0.3 is 0 Å². The number of hydrogen-bond acceptors (Lipinski definition) is 2. The van der Waals surface area contributed by atoms with Crippen LogP contribution in [0, 0.1) is 5.82 Å². The van der Waals surface area contributed by atoms with Gasteiger partial charge in [-0.15, -0.1) is 0 Å². The first-order valence-corrected chi connectivity index (χ1v) is 4.03. The van der Waals surface area contributed by atoms with Crippen LogP contribution in [0.4, 0.5) is 4.39 Å². The fourth-order valence-electron chi connectivity index (χ4n) is 0.918. The minimum Gasteiger partial charge on any atom is -0.396 e. The van der Waals surface area contributed by atoms with Crippen molar-refractivity contribution in [2.75, 3.05) is 6.61 Å². The molecule has 0 spiro atoms. The van der Waals surface area contributed by atoms with Gasteiger partial charge in [-0.25, -0.2) is 9.37 Å². The summed E-state index contributed by atoms with van der Waals surface area (Å²) in [6.45, 7) is 0.0549. The summed E-state index contributed by atoms with van der Waals surface area (Å²) in [5.74, 6) is -0.479. The maximum Gasteiger partial charge on any atom is 0.164 e. The van der Waals surface area contributed by atoms with Gasteiger partial charge in [0.25, 0.3) is 0 Å². The highest BCUT2D eigenvalue weighted by Gasteiger charge is 2.05. The third kappa shape index (κ3) is 2.16. The molecule has 4 heteroatoms. The third-order valence-corrected chi connectivity index (χ3v) is 1.79. The van der Waals surface area contributed by atoms with E-state index in [2.05, 4.69) is 4.98 Å². The monoisotopic (exact) mass is 189 g/mol.